The van der Waals surface area contributed by atoms with Gasteiger partial charge < -0.3 is 10.1 Å². The van der Waals surface area contributed by atoms with Crippen LogP contribution >= 0.6 is 11.6 Å². The highest BCUT2D eigenvalue weighted by molar-refractivity contribution is 6.30. The normalized spacial score (nSPS) is 11.5. The van der Waals surface area contributed by atoms with Gasteiger partial charge in [-0.05, 0) is 50.6 Å². The Kier molecular flexibility index (Phi) is 5.23. The third kappa shape index (κ3) is 3.75. The molecule has 0 radical (unpaired) electrons. The fourth-order valence-electron chi connectivity index (χ4n) is 2.89. The zero-order chi connectivity index (χ0) is 21.5. The van der Waals surface area contributed by atoms with E-state index in [-0.39, 0.29) is 11.0 Å². The van der Waals surface area contributed by atoms with E-state index in [1.165, 1.54) is 24.9 Å². The molecule has 0 aliphatic carbocycles. The Morgan fingerprint density at radius 3 is 2.38 bits per heavy atom. The summed E-state index contributed by atoms with van der Waals surface area (Å²) >= 11 is 5.88. The minimum absolute atomic E-state index is 0.158. The first kappa shape index (κ1) is 20.6. The topological polar surface area (TPSA) is 95.2 Å². The van der Waals surface area contributed by atoms with Crippen LogP contribution < -0.4 is 21.3 Å². The molecule has 1 N–H and O–H groups in total. The first-order valence-corrected chi connectivity index (χ1v) is 9.22. The number of ether oxygens (including phenoxy) is 1. The van der Waals surface area contributed by atoms with Crippen molar-refractivity contribution in [3.8, 4) is 5.75 Å². The minimum Gasteiger partial charge on any atom is -0.478 e. The van der Waals surface area contributed by atoms with Gasteiger partial charge in [0.2, 0.25) is 0 Å². The molecule has 3 aromatic rings. The van der Waals surface area contributed by atoms with E-state index in [4.69, 9.17) is 16.3 Å². The lowest BCUT2D eigenvalue weighted by atomic mass is 10.1. The van der Waals surface area contributed by atoms with Gasteiger partial charge in [0.15, 0.2) is 11.2 Å². The molecule has 8 nitrogen and oxygen atoms in total. The van der Waals surface area contributed by atoms with Gasteiger partial charge in [-0.1, -0.05) is 11.6 Å². The van der Waals surface area contributed by atoms with E-state index in [1.807, 2.05) is 0 Å². The fraction of sp³-hybridized carbons (Fsp3) is 0.300. The van der Waals surface area contributed by atoms with Crippen molar-refractivity contribution in [3.63, 3.8) is 0 Å². The van der Waals surface area contributed by atoms with Crippen LogP contribution in [-0.4, -0.2) is 25.6 Å². The predicted octanol–water partition coefficient (Wildman–Crippen LogP) is 2.39. The Morgan fingerprint density at radius 1 is 1.14 bits per heavy atom. The van der Waals surface area contributed by atoms with Crippen LogP contribution in [0.5, 0.6) is 5.75 Å². The number of nitrogens with one attached hydrogen (secondary N) is 1. The van der Waals surface area contributed by atoms with Crippen LogP contribution in [0.25, 0.3) is 11.0 Å². The van der Waals surface area contributed by atoms with Crippen molar-refractivity contribution < 1.29 is 9.53 Å². The Morgan fingerprint density at radius 2 is 1.76 bits per heavy atom. The lowest BCUT2D eigenvalue weighted by molar-refractivity contribution is -0.128. The first-order valence-electron chi connectivity index (χ1n) is 8.84. The van der Waals surface area contributed by atoms with Crippen molar-refractivity contribution in [2.45, 2.75) is 26.4 Å². The highest BCUT2D eigenvalue weighted by Gasteiger charge is 2.31. The van der Waals surface area contributed by atoms with Crippen LogP contribution in [0, 0.1) is 6.92 Å². The Hall–Kier alpha value is -3.13. The molecule has 9 heteroatoms. The highest BCUT2D eigenvalue weighted by Crippen LogP contribution is 2.25. The number of amides is 1. The fourth-order valence-corrected chi connectivity index (χ4v) is 3.02. The molecule has 1 aromatic carbocycles. The number of anilines is 1. The second kappa shape index (κ2) is 7.36. The number of hydrogen-bond acceptors (Lipinski definition) is 5. The van der Waals surface area contributed by atoms with Crippen molar-refractivity contribution >= 4 is 34.2 Å². The second-order valence-electron chi connectivity index (χ2n) is 7.24. The van der Waals surface area contributed by atoms with Crippen molar-refractivity contribution in [2.24, 2.45) is 14.1 Å². The van der Waals surface area contributed by atoms with E-state index in [0.29, 0.717) is 22.0 Å². The molecule has 0 spiro atoms. The monoisotopic (exact) mass is 416 g/mol. The number of pyridine rings is 1. The molecule has 29 heavy (non-hydrogen) atoms. The van der Waals surface area contributed by atoms with Crippen molar-refractivity contribution in [1.82, 2.24) is 14.1 Å². The molecule has 0 bridgehead atoms. The molecule has 3 rings (SSSR count). The molecule has 2 heterocycles. The molecule has 0 aliphatic heterocycles. The summed E-state index contributed by atoms with van der Waals surface area (Å²) in [4.78, 5) is 42.1. The smallest absolute Gasteiger partial charge is 0.332 e. The van der Waals surface area contributed by atoms with Crippen molar-refractivity contribution in [2.75, 3.05) is 5.32 Å². The summed E-state index contributed by atoms with van der Waals surface area (Å²) in [7, 11) is 2.90. The number of rotatable bonds is 4. The molecule has 0 saturated carbocycles. The van der Waals surface area contributed by atoms with E-state index in [2.05, 4.69) is 10.3 Å². The molecule has 0 unspecified atom stereocenters. The average molecular weight is 417 g/mol. The van der Waals surface area contributed by atoms with Gasteiger partial charge in [-0.15, -0.1) is 0 Å². The van der Waals surface area contributed by atoms with Crippen LogP contribution in [0.15, 0.2) is 40.1 Å². The molecule has 0 fully saturated rings. The van der Waals surface area contributed by atoms with Crippen LogP contribution in [0.2, 0.25) is 5.02 Å². The maximum absolute atomic E-state index is 13.0. The van der Waals surface area contributed by atoms with Gasteiger partial charge in [0.05, 0.1) is 5.69 Å². The van der Waals surface area contributed by atoms with E-state index in [0.717, 1.165) is 4.57 Å². The number of carbonyl (C=O) groups is 1. The third-order valence-electron chi connectivity index (χ3n) is 4.63. The van der Waals surface area contributed by atoms with Crippen LogP contribution in [0.3, 0.4) is 0 Å². The molecule has 0 atom stereocenters. The van der Waals surface area contributed by atoms with Gasteiger partial charge in [-0.3, -0.25) is 18.7 Å². The molecule has 1 amide bonds. The Labute approximate surface area is 171 Å². The maximum atomic E-state index is 13.0. The number of carbonyl (C=O) groups excluding carboxylic acids is 1. The van der Waals surface area contributed by atoms with Gasteiger partial charge in [0.1, 0.15) is 11.1 Å². The number of halogens is 1. The van der Waals surface area contributed by atoms with E-state index in [1.54, 1.807) is 45.0 Å². The van der Waals surface area contributed by atoms with Gasteiger partial charge >= 0.3 is 5.69 Å². The van der Waals surface area contributed by atoms with Gasteiger partial charge in [0, 0.05) is 25.3 Å². The maximum Gasteiger partial charge on any atom is 0.332 e. The average Bonchev–Trinajstić information content (AvgIpc) is 2.67. The summed E-state index contributed by atoms with van der Waals surface area (Å²) in [5.74, 6) is 0.0168. The highest BCUT2D eigenvalue weighted by atomic mass is 35.5. The molecular weight excluding hydrogens is 396 g/mol. The largest absolute Gasteiger partial charge is 0.478 e. The first-order chi connectivity index (χ1) is 13.5. The zero-order valence-corrected chi connectivity index (χ0v) is 17.5. The molecule has 2 aromatic heterocycles. The van der Waals surface area contributed by atoms with E-state index >= 15 is 0 Å². The number of hydrogen-bond donors (Lipinski definition) is 1. The second-order valence-corrected chi connectivity index (χ2v) is 7.68. The Bertz CT molecular complexity index is 1230. The Balaban J connectivity index is 2.04. The summed E-state index contributed by atoms with van der Waals surface area (Å²) in [5.41, 5.74) is -1.21. The van der Waals surface area contributed by atoms with Crippen LogP contribution in [0.1, 0.15) is 19.4 Å². The minimum atomic E-state index is -1.25. The zero-order valence-electron chi connectivity index (χ0n) is 16.7. The molecule has 152 valence electrons. The van der Waals surface area contributed by atoms with Crippen molar-refractivity contribution in [3.05, 3.63) is 61.9 Å². The van der Waals surface area contributed by atoms with Gasteiger partial charge in [-0.25, -0.2) is 9.78 Å². The van der Waals surface area contributed by atoms with E-state index < -0.39 is 22.8 Å². The summed E-state index contributed by atoms with van der Waals surface area (Å²) < 4.78 is 8.06. The van der Waals surface area contributed by atoms with Crippen LogP contribution in [0.4, 0.5) is 5.69 Å². The lowest BCUT2D eigenvalue weighted by Gasteiger charge is -2.26. The predicted molar refractivity (Wildman–Crippen MR) is 112 cm³/mol. The SMILES string of the molecule is Cc1cnc2c(c1NC(=O)C(C)(C)Oc1ccc(Cl)cc1)c(=O)n(C)c(=O)n2C. The van der Waals surface area contributed by atoms with E-state index in [9.17, 15) is 14.4 Å². The van der Waals surface area contributed by atoms with Gasteiger partial charge in [0.25, 0.3) is 11.5 Å². The lowest BCUT2D eigenvalue weighted by Crippen LogP contribution is -2.43. The molecular formula is C20H21ClN4O4. The standard InChI is InChI=1S/C20H21ClN4O4/c1-11-10-22-16-14(17(26)25(5)19(28)24(16)4)15(11)23-18(27)20(2,3)29-13-8-6-12(21)7-9-13/h6-10H,1-5H3,(H,22,23,27). The van der Waals surface area contributed by atoms with Gasteiger partial charge in [-0.2, -0.15) is 0 Å². The molecule has 0 aliphatic rings. The van der Waals surface area contributed by atoms with Crippen molar-refractivity contribution in [1.29, 1.82) is 0 Å². The summed E-state index contributed by atoms with van der Waals surface area (Å²) in [6.45, 7) is 4.95. The summed E-state index contributed by atoms with van der Waals surface area (Å²) in [5, 5.41) is 3.49. The summed E-state index contributed by atoms with van der Waals surface area (Å²) in [6.07, 6.45) is 1.50. The van der Waals surface area contributed by atoms with Crippen LogP contribution in [-0.2, 0) is 18.9 Å². The third-order valence-corrected chi connectivity index (χ3v) is 4.88. The summed E-state index contributed by atoms with van der Waals surface area (Å²) in [6, 6.07) is 6.65. The number of fused-ring (bicyclic) bond motifs is 1. The number of nitrogens with zero attached hydrogens (tertiary/aromatic N) is 3. The molecule has 0 saturated heterocycles. The quantitative estimate of drug-likeness (QED) is 0.704. The number of aryl methyl sites for hydroxylation is 2. The number of aromatic nitrogens is 3. The number of benzene rings is 1.